The van der Waals surface area contributed by atoms with Crippen LogP contribution in [0.15, 0.2) is 12.1 Å². The average molecular weight is 221 g/mol. The lowest BCUT2D eigenvalue weighted by Gasteiger charge is -2.09. The minimum atomic E-state index is -0.346. The SMILES string of the molecule is COC(=O)c1cc2c(c(OC)c1)CC(N)C2. The van der Waals surface area contributed by atoms with Crippen LogP contribution >= 0.6 is 0 Å². The van der Waals surface area contributed by atoms with E-state index in [2.05, 4.69) is 0 Å². The first kappa shape index (κ1) is 11.0. The van der Waals surface area contributed by atoms with Gasteiger partial charge in [0.1, 0.15) is 5.75 Å². The first-order valence-electron chi connectivity index (χ1n) is 5.19. The summed E-state index contributed by atoms with van der Waals surface area (Å²) in [5.74, 6) is 0.382. The molecule has 0 aliphatic heterocycles. The van der Waals surface area contributed by atoms with Gasteiger partial charge in [-0.15, -0.1) is 0 Å². The van der Waals surface area contributed by atoms with Crippen LogP contribution in [-0.4, -0.2) is 26.2 Å². The van der Waals surface area contributed by atoms with Crippen molar-refractivity contribution in [1.29, 1.82) is 0 Å². The lowest BCUT2D eigenvalue weighted by molar-refractivity contribution is 0.0600. The zero-order valence-electron chi connectivity index (χ0n) is 9.45. The van der Waals surface area contributed by atoms with Crippen LogP contribution in [0.4, 0.5) is 0 Å². The number of nitrogens with two attached hydrogens (primary N) is 1. The van der Waals surface area contributed by atoms with Crippen LogP contribution in [0.25, 0.3) is 0 Å². The van der Waals surface area contributed by atoms with Crippen molar-refractivity contribution >= 4 is 5.97 Å². The predicted octanol–water partition coefficient (Wildman–Crippen LogP) is 0.908. The molecule has 1 aromatic rings. The van der Waals surface area contributed by atoms with Crippen LogP contribution < -0.4 is 10.5 Å². The van der Waals surface area contributed by atoms with Crippen molar-refractivity contribution in [2.45, 2.75) is 18.9 Å². The molecule has 0 fully saturated rings. The Balaban J connectivity index is 2.47. The molecule has 0 amide bonds. The smallest absolute Gasteiger partial charge is 0.337 e. The summed E-state index contributed by atoms with van der Waals surface area (Å²) in [5, 5.41) is 0. The fourth-order valence-electron chi connectivity index (χ4n) is 2.15. The number of ether oxygens (including phenoxy) is 2. The molecule has 1 atom stereocenters. The van der Waals surface area contributed by atoms with Gasteiger partial charge >= 0.3 is 5.97 Å². The zero-order chi connectivity index (χ0) is 11.7. The number of rotatable bonds is 2. The van der Waals surface area contributed by atoms with Gasteiger partial charge in [-0.2, -0.15) is 0 Å². The maximum Gasteiger partial charge on any atom is 0.337 e. The first-order valence-corrected chi connectivity index (χ1v) is 5.19. The summed E-state index contributed by atoms with van der Waals surface area (Å²) in [6, 6.07) is 3.68. The summed E-state index contributed by atoms with van der Waals surface area (Å²) >= 11 is 0. The normalized spacial score (nSPS) is 18.1. The van der Waals surface area contributed by atoms with Gasteiger partial charge < -0.3 is 15.2 Å². The van der Waals surface area contributed by atoms with Crippen molar-refractivity contribution in [2.75, 3.05) is 14.2 Å². The lowest BCUT2D eigenvalue weighted by Crippen LogP contribution is -2.19. The molecule has 86 valence electrons. The number of benzene rings is 1. The van der Waals surface area contributed by atoms with Gasteiger partial charge in [0.25, 0.3) is 0 Å². The van der Waals surface area contributed by atoms with E-state index in [-0.39, 0.29) is 12.0 Å². The van der Waals surface area contributed by atoms with E-state index in [4.69, 9.17) is 15.2 Å². The molecule has 0 heterocycles. The molecule has 2 rings (SSSR count). The van der Waals surface area contributed by atoms with E-state index in [0.29, 0.717) is 5.56 Å². The van der Waals surface area contributed by atoms with Gasteiger partial charge in [0.2, 0.25) is 0 Å². The van der Waals surface area contributed by atoms with Crippen molar-refractivity contribution in [3.05, 3.63) is 28.8 Å². The third-order valence-electron chi connectivity index (χ3n) is 2.89. The summed E-state index contributed by atoms with van der Waals surface area (Å²) in [6.45, 7) is 0. The predicted molar refractivity (Wildman–Crippen MR) is 59.7 cm³/mol. The minimum absolute atomic E-state index is 0.122. The maximum absolute atomic E-state index is 11.5. The van der Waals surface area contributed by atoms with Crippen molar-refractivity contribution in [3.63, 3.8) is 0 Å². The molecule has 4 nitrogen and oxygen atoms in total. The molecule has 0 saturated heterocycles. The molecule has 1 aromatic carbocycles. The fraction of sp³-hybridized carbons (Fsp3) is 0.417. The lowest BCUT2D eigenvalue weighted by atomic mass is 10.1. The van der Waals surface area contributed by atoms with Crippen LogP contribution in [0.3, 0.4) is 0 Å². The first-order chi connectivity index (χ1) is 7.65. The highest BCUT2D eigenvalue weighted by molar-refractivity contribution is 5.90. The second-order valence-electron chi connectivity index (χ2n) is 3.98. The molecule has 0 spiro atoms. The molecule has 0 radical (unpaired) electrons. The molecule has 4 heteroatoms. The number of hydrogen-bond acceptors (Lipinski definition) is 4. The Labute approximate surface area is 94.3 Å². The molecular weight excluding hydrogens is 206 g/mol. The van der Waals surface area contributed by atoms with Gasteiger partial charge in [0.15, 0.2) is 0 Å². The highest BCUT2D eigenvalue weighted by atomic mass is 16.5. The number of methoxy groups -OCH3 is 2. The maximum atomic E-state index is 11.5. The average Bonchev–Trinajstić information content (AvgIpc) is 2.66. The number of carbonyl (C=O) groups is 1. The second kappa shape index (κ2) is 4.14. The molecule has 1 unspecified atom stereocenters. The zero-order valence-corrected chi connectivity index (χ0v) is 9.45. The second-order valence-corrected chi connectivity index (χ2v) is 3.98. The highest BCUT2D eigenvalue weighted by Crippen LogP contribution is 2.31. The van der Waals surface area contributed by atoms with Crippen molar-refractivity contribution < 1.29 is 14.3 Å². The summed E-state index contributed by atoms with van der Waals surface area (Å²) < 4.78 is 9.97. The Hall–Kier alpha value is -1.55. The van der Waals surface area contributed by atoms with E-state index < -0.39 is 0 Å². The van der Waals surface area contributed by atoms with Crippen LogP contribution in [0.2, 0.25) is 0 Å². The van der Waals surface area contributed by atoms with E-state index in [1.807, 2.05) is 6.07 Å². The fourth-order valence-corrected chi connectivity index (χ4v) is 2.15. The minimum Gasteiger partial charge on any atom is -0.496 e. The topological polar surface area (TPSA) is 61.5 Å². The number of esters is 1. The standard InChI is InChI=1S/C12H15NO3/c1-15-11-5-8(12(14)16-2)3-7-4-9(13)6-10(7)11/h3,5,9H,4,6,13H2,1-2H3. The van der Waals surface area contributed by atoms with E-state index in [1.165, 1.54) is 7.11 Å². The van der Waals surface area contributed by atoms with Gasteiger partial charge in [-0.25, -0.2) is 4.79 Å². The van der Waals surface area contributed by atoms with Gasteiger partial charge in [-0.3, -0.25) is 0 Å². The van der Waals surface area contributed by atoms with E-state index >= 15 is 0 Å². The third kappa shape index (κ3) is 1.76. The van der Waals surface area contributed by atoms with Crippen molar-refractivity contribution in [3.8, 4) is 5.75 Å². The van der Waals surface area contributed by atoms with E-state index in [0.717, 1.165) is 29.7 Å². The Morgan fingerprint density at radius 2 is 2.12 bits per heavy atom. The third-order valence-corrected chi connectivity index (χ3v) is 2.89. The molecule has 1 aliphatic carbocycles. The molecular formula is C12H15NO3. The van der Waals surface area contributed by atoms with Crippen LogP contribution in [0, 0.1) is 0 Å². The van der Waals surface area contributed by atoms with Gasteiger partial charge in [-0.1, -0.05) is 0 Å². The Bertz CT molecular complexity index is 429. The Kier molecular flexibility index (Phi) is 2.83. The van der Waals surface area contributed by atoms with E-state index in [9.17, 15) is 4.79 Å². The van der Waals surface area contributed by atoms with Crippen LogP contribution in [0.5, 0.6) is 5.75 Å². The molecule has 16 heavy (non-hydrogen) atoms. The molecule has 0 aromatic heterocycles. The van der Waals surface area contributed by atoms with E-state index in [1.54, 1.807) is 13.2 Å². The van der Waals surface area contributed by atoms with Gasteiger partial charge in [0, 0.05) is 6.04 Å². The van der Waals surface area contributed by atoms with Crippen molar-refractivity contribution in [1.82, 2.24) is 0 Å². The summed E-state index contributed by atoms with van der Waals surface area (Å²) in [5.41, 5.74) is 8.62. The van der Waals surface area contributed by atoms with Crippen LogP contribution in [-0.2, 0) is 17.6 Å². The quantitative estimate of drug-likeness (QED) is 0.754. The monoisotopic (exact) mass is 221 g/mol. The molecule has 1 aliphatic rings. The molecule has 0 bridgehead atoms. The summed E-state index contributed by atoms with van der Waals surface area (Å²) in [7, 11) is 2.97. The summed E-state index contributed by atoms with van der Waals surface area (Å²) in [6.07, 6.45) is 1.59. The number of fused-ring (bicyclic) bond motifs is 1. The molecule has 0 saturated carbocycles. The Morgan fingerprint density at radius 1 is 1.38 bits per heavy atom. The number of hydrogen-bond donors (Lipinski definition) is 1. The number of carbonyl (C=O) groups excluding carboxylic acids is 1. The Morgan fingerprint density at radius 3 is 2.75 bits per heavy atom. The van der Waals surface area contributed by atoms with Gasteiger partial charge in [-0.05, 0) is 36.1 Å². The summed E-state index contributed by atoms with van der Waals surface area (Å²) in [4.78, 5) is 11.5. The van der Waals surface area contributed by atoms with Crippen LogP contribution in [0.1, 0.15) is 21.5 Å². The van der Waals surface area contributed by atoms with Crippen molar-refractivity contribution in [2.24, 2.45) is 5.73 Å². The largest absolute Gasteiger partial charge is 0.496 e. The highest BCUT2D eigenvalue weighted by Gasteiger charge is 2.24. The van der Waals surface area contributed by atoms with Gasteiger partial charge in [0.05, 0.1) is 19.8 Å². The molecule has 2 N–H and O–H groups in total.